The monoisotopic (exact) mass is 302 g/mol. The van der Waals surface area contributed by atoms with Crippen molar-refractivity contribution in [3.05, 3.63) is 58.0 Å². The average molecular weight is 302 g/mol. The fourth-order valence-electron chi connectivity index (χ4n) is 1.98. The molecular weight excluding hydrogens is 284 g/mol. The maximum Gasteiger partial charge on any atom is 0.251 e. The molecule has 1 atom stereocenters. The van der Waals surface area contributed by atoms with Gasteiger partial charge in [-0.15, -0.1) is 0 Å². The molecule has 1 N–H and O–H groups in total. The van der Waals surface area contributed by atoms with Crippen LogP contribution in [0.3, 0.4) is 0 Å². The molecule has 0 aliphatic heterocycles. The molecule has 0 saturated carbocycles. The summed E-state index contributed by atoms with van der Waals surface area (Å²) in [7, 11) is 0. The summed E-state index contributed by atoms with van der Waals surface area (Å²) < 4.78 is 0. The number of aromatic amines is 1. The molecule has 0 fully saturated rings. The van der Waals surface area contributed by atoms with Crippen molar-refractivity contribution >= 4 is 17.5 Å². The molecule has 21 heavy (non-hydrogen) atoms. The van der Waals surface area contributed by atoms with Crippen LogP contribution in [-0.4, -0.2) is 21.0 Å². The highest BCUT2D eigenvalue weighted by Gasteiger charge is 2.17. The van der Waals surface area contributed by atoms with Crippen LogP contribution in [0.1, 0.15) is 36.3 Å². The van der Waals surface area contributed by atoms with Crippen molar-refractivity contribution in [1.29, 1.82) is 0 Å². The van der Waals surface area contributed by atoms with Gasteiger partial charge in [-0.3, -0.25) is 9.59 Å². The minimum absolute atomic E-state index is 0.0316. The lowest BCUT2D eigenvalue weighted by atomic mass is 10.1. The third-order valence-electron chi connectivity index (χ3n) is 3.00. The van der Waals surface area contributed by atoms with Gasteiger partial charge < -0.3 is 4.98 Å². The molecule has 2 aromatic rings. The van der Waals surface area contributed by atoms with Gasteiger partial charge in [0.25, 0.3) is 5.56 Å². The average Bonchev–Trinajstić information content (AvgIpc) is 2.47. The first-order chi connectivity index (χ1) is 10.1. The molecule has 0 aliphatic rings. The van der Waals surface area contributed by atoms with E-state index in [0.29, 0.717) is 10.7 Å². The second-order valence-electron chi connectivity index (χ2n) is 4.78. The largest absolute Gasteiger partial charge is 0.301 e. The number of thioether (sulfide) groups is 1. The maximum absolute atomic E-state index is 12.3. The first kappa shape index (κ1) is 15.5. The molecule has 0 amide bonds. The molecule has 110 valence electrons. The molecule has 1 heterocycles. The molecule has 0 spiro atoms. The number of H-pyrrole nitrogens is 1. The first-order valence-corrected chi connectivity index (χ1v) is 7.84. The topological polar surface area (TPSA) is 62.8 Å². The van der Waals surface area contributed by atoms with Gasteiger partial charge in [0.1, 0.15) is 0 Å². The predicted molar refractivity (Wildman–Crippen MR) is 84.9 cm³/mol. The number of benzene rings is 1. The van der Waals surface area contributed by atoms with Crippen molar-refractivity contribution in [1.82, 2.24) is 9.97 Å². The Hall–Kier alpha value is -1.88. The van der Waals surface area contributed by atoms with E-state index in [9.17, 15) is 9.59 Å². The molecule has 5 heteroatoms. The number of hydrogen-bond acceptors (Lipinski definition) is 4. The van der Waals surface area contributed by atoms with Gasteiger partial charge in [0.2, 0.25) is 0 Å². The van der Waals surface area contributed by atoms with Crippen LogP contribution in [0.25, 0.3) is 0 Å². The van der Waals surface area contributed by atoms with Gasteiger partial charge in [0.05, 0.1) is 5.25 Å². The molecular formula is C16H18N2O2S. The summed E-state index contributed by atoms with van der Waals surface area (Å²) >= 11 is 1.28. The summed E-state index contributed by atoms with van der Waals surface area (Å²) in [6.07, 6.45) is 1.69. The van der Waals surface area contributed by atoms with E-state index in [2.05, 4.69) is 9.97 Å². The Labute approximate surface area is 128 Å². The van der Waals surface area contributed by atoms with Crippen molar-refractivity contribution in [2.45, 2.75) is 37.1 Å². The summed E-state index contributed by atoms with van der Waals surface area (Å²) in [5.74, 6) is 0.0316. The Balaban J connectivity index is 2.14. The van der Waals surface area contributed by atoms with E-state index in [0.717, 1.165) is 18.5 Å². The highest BCUT2D eigenvalue weighted by molar-refractivity contribution is 8.00. The first-order valence-electron chi connectivity index (χ1n) is 6.96. The zero-order chi connectivity index (χ0) is 15.2. The number of rotatable bonds is 6. The minimum atomic E-state index is -0.299. The van der Waals surface area contributed by atoms with Gasteiger partial charge >= 0.3 is 0 Å². The predicted octanol–water partition coefficient (Wildman–Crippen LogP) is 3.09. The fraction of sp³-hybridized carbons (Fsp3) is 0.312. The van der Waals surface area contributed by atoms with Gasteiger partial charge in [0, 0.05) is 17.3 Å². The zero-order valence-corrected chi connectivity index (χ0v) is 12.9. The molecule has 0 unspecified atom stereocenters. The van der Waals surface area contributed by atoms with E-state index in [1.807, 2.05) is 32.0 Å². The van der Waals surface area contributed by atoms with Crippen LogP contribution >= 0.6 is 11.8 Å². The van der Waals surface area contributed by atoms with Crippen LogP contribution < -0.4 is 5.56 Å². The number of Topliss-reactive ketones (excluding diaryl/α,β-unsaturated/α-hetero) is 1. The highest BCUT2D eigenvalue weighted by Crippen LogP contribution is 2.22. The molecule has 0 radical (unpaired) electrons. The lowest BCUT2D eigenvalue weighted by molar-refractivity contribution is 0.0994. The van der Waals surface area contributed by atoms with Crippen LogP contribution in [0.4, 0.5) is 0 Å². The van der Waals surface area contributed by atoms with Crippen LogP contribution in [0.5, 0.6) is 0 Å². The molecule has 0 saturated heterocycles. The number of aromatic nitrogens is 2. The van der Waals surface area contributed by atoms with E-state index in [4.69, 9.17) is 0 Å². The molecule has 1 aromatic heterocycles. The zero-order valence-electron chi connectivity index (χ0n) is 12.1. The number of nitrogens with zero attached hydrogens (tertiary/aromatic N) is 1. The number of aryl methyl sites for hydroxylation is 1. The third-order valence-corrected chi connectivity index (χ3v) is 3.98. The van der Waals surface area contributed by atoms with Crippen molar-refractivity contribution < 1.29 is 4.79 Å². The van der Waals surface area contributed by atoms with E-state index >= 15 is 0 Å². The lowest BCUT2D eigenvalue weighted by Crippen LogP contribution is -2.16. The summed E-state index contributed by atoms with van der Waals surface area (Å²) in [6.45, 7) is 3.86. The molecule has 0 bridgehead atoms. The number of carbonyl (C=O) groups excluding carboxylic acids is 1. The number of ketones is 1. The molecule has 1 aromatic carbocycles. The second-order valence-corrected chi connectivity index (χ2v) is 6.11. The number of carbonyl (C=O) groups is 1. The lowest BCUT2D eigenvalue weighted by Gasteiger charge is -2.10. The van der Waals surface area contributed by atoms with Gasteiger partial charge in [-0.2, -0.15) is 0 Å². The quantitative estimate of drug-likeness (QED) is 0.506. The number of nitrogens with one attached hydrogen (secondary N) is 1. The van der Waals surface area contributed by atoms with E-state index in [-0.39, 0.29) is 16.6 Å². The molecule has 0 aliphatic carbocycles. The van der Waals surface area contributed by atoms with E-state index in [1.165, 1.54) is 17.8 Å². The van der Waals surface area contributed by atoms with E-state index in [1.54, 1.807) is 12.1 Å². The normalized spacial score (nSPS) is 12.1. The Morgan fingerprint density at radius 3 is 2.71 bits per heavy atom. The Morgan fingerprint density at radius 2 is 2.05 bits per heavy atom. The summed E-state index contributed by atoms with van der Waals surface area (Å²) in [5.41, 5.74) is 1.27. The van der Waals surface area contributed by atoms with Crippen LogP contribution in [-0.2, 0) is 6.42 Å². The van der Waals surface area contributed by atoms with Gasteiger partial charge in [0.15, 0.2) is 10.9 Å². The molecule has 2 rings (SSSR count). The summed E-state index contributed by atoms with van der Waals surface area (Å²) in [4.78, 5) is 31.0. The second kappa shape index (κ2) is 7.22. The smallest absolute Gasteiger partial charge is 0.251 e. The summed E-state index contributed by atoms with van der Waals surface area (Å²) in [6, 6.07) is 10.7. The maximum atomic E-state index is 12.3. The van der Waals surface area contributed by atoms with Crippen molar-refractivity contribution in [3.63, 3.8) is 0 Å². The Kier molecular flexibility index (Phi) is 5.33. The van der Waals surface area contributed by atoms with E-state index < -0.39 is 0 Å². The SMILES string of the molecule is CCCc1cc(=O)[nH]c(S[C@@H](C)C(=O)c2ccccc2)n1. The summed E-state index contributed by atoms with van der Waals surface area (Å²) in [5, 5.41) is 0.204. The molecule has 4 nitrogen and oxygen atoms in total. The number of hydrogen-bond donors (Lipinski definition) is 1. The fourth-order valence-corrected chi connectivity index (χ4v) is 2.89. The van der Waals surface area contributed by atoms with Crippen molar-refractivity contribution in [3.8, 4) is 0 Å². The van der Waals surface area contributed by atoms with Crippen molar-refractivity contribution in [2.24, 2.45) is 0 Å². The van der Waals surface area contributed by atoms with Crippen LogP contribution in [0.2, 0.25) is 0 Å². The minimum Gasteiger partial charge on any atom is -0.301 e. The van der Waals surface area contributed by atoms with Gasteiger partial charge in [-0.05, 0) is 13.3 Å². The van der Waals surface area contributed by atoms with Crippen molar-refractivity contribution in [2.75, 3.05) is 0 Å². The van der Waals surface area contributed by atoms with Crippen LogP contribution in [0, 0.1) is 0 Å². The van der Waals surface area contributed by atoms with Gasteiger partial charge in [-0.1, -0.05) is 55.4 Å². The van der Waals surface area contributed by atoms with Crippen LogP contribution in [0.15, 0.2) is 46.3 Å². The Morgan fingerprint density at radius 1 is 1.33 bits per heavy atom. The standard InChI is InChI=1S/C16H18N2O2S/c1-3-7-13-10-14(19)18-16(17-13)21-11(2)15(20)12-8-5-4-6-9-12/h4-6,8-11H,3,7H2,1-2H3,(H,17,18,19)/t11-/m0/s1. The third kappa shape index (κ3) is 4.29. The van der Waals surface area contributed by atoms with Gasteiger partial charge in [-0.25, -0.2) is 4.98 Å². The Bertz CT molecular complexity index is 667. The highest BCUT2D eigenvalue weighted by atomic mass is 32.2.